The van der Waals surface area contributed by atoms with Gasteiger partial charge in [-0.2, -0.15) is 18.2 Å². The molecule has 0 unspecified atom stereocenters. The molecular weight excluding hydrogens is 1070 g/mol. The summed E-state index contributed by atoms with van der Waals surface area (Å²) in [5.41, 5.74) is 3.04. The molecule has 3 aromatic carbocycles. The van der Waals surface area contributed by atoms with Crippen molar-refractivity contribution in [3.8, 4) is 39.2 Å². The SMILES string of the molecule is CCOC(=O)[C@@H](Cc1cc(CC(=O)OC(C)(C)C)ccc1OCc1ccnc(OCCC(F)(F)F)n1)Oc1ncnc2sc(-c3ccc(F)cc3)c(-c3ccc(CN[C@@H](CN4CCN(C)CC4)C(=O)OC(C)(C)C)c(Cl)c3C)c12. The molecule has 6 aromatic rings. The van der Waals surface area contributed by atoms with E-state index < -0.39 is 60.3 Å². The summed E-state index contributed by atoms with van der Waals surface area (Å²) < 4.78 is 88.2. The first kappa shape index (κ1) is 60.1. The maximum atomic E-state index is 14.5. The van der Waals surface area contributed by atoms with Gasteiger partial charge < -0.3 is 33.3 Å². The third kappa shape index (κ3) is 17.2. The Morgan fingerprint density at radius 2 is 1.58 bits per heavy atom. The highest BCUT2D eigenvalue weighted by Gasteiger charge is 2.32. The molecule has 4 heterocycles. The van der Waals surface area contributed by atoms with E-state index >= 15 is 0 Å². The van der Waals surface area contributed by atoms with Gasteiger partial charge in [0.05, 0.1) is 30.5 Å². The second-order valence-electron chi connectivity index (χ2n) is 21.1. The van der Waals surface area contributed by atoms with Gasteiger partial charge >= 0.3 is 30.1 Å². The number of ether oxygens (including phenoxy) is 6. The average molecular weight is 1140 g/mol. The number of halogens is 5. The molecule has 79 heavy (non-hydrogen) atoms. The molecule has 0 bridgehead atoms. The number of nitrogens with one attached hydrogen (secondary N) is 1. The van der Waals surface area contributed by atoms with Gasteiger partial charge in [0.25, 0.3) is 0 Å². The van der Waals surface area contributed by atoms with Gasteiger partial charge in [-0.1, -0.05) is 48.0 Å². The molecule has 3 aromatic heterocycles. The molecule has 1 saturated heterocycles. The van der Waals surface area contributed by atoms with Crippen LogP contribution in [-0.2, 0) is 54.6 Å². The van der Waals surface area contributed by atoms with E-state index in [1.807, 2.05) is 39.8 Å². The van der Waals surface area contributed by atoms with Crippen LogP contribution in [0, 0.1) is 12.7 Å². The molecule has 424 valence electrons. The van der Waals surface area contributed by atoms with E-state index in [0.29, 0.717) is 65.6 Å². The minimum atomic E-state index is -4.43. The second kappa shape index (κ2) is 26.2. The lowest BCUT2D eigenvalue weighted by Crippen LogP contribution is -2.53. The lowest BCUT2D eigenvalue weighted by Gasteiger charge is -2.35. The first-order valence-corrected chi connectivity index (χ1v) is 27.0. The van der Waals surface area contributed by atoms with Crippen LogP contribution in [0.4, 0.5) is 17.6 Å². The van der Waals surface area contributed by atoms with Crippen molar-refractivity contribution in [2.45, 2.75) is 117 Å². The number of esters is 3. The summed E-state index contributed by atoms with van der Waals surface area (Å²) in [6.07, 6.45) is -4.70. The number of likely N-dealkylation sites (N-methyl/N-ethyl adjacent to an activating group) is 1. The Morgan fingerprint density at radius 3 is 2.27 bits per heavy atom. The predicted octanol–water partition coefficient (Wildman–Crippen LogP) is 10.3. The van der Waals surface area contributed by atoms with Crippen molar-refractivity contribution < 1.29 is 60.4 Å². The van der Waals surface area contributed by atoms with Gasteiger partial charge in [0.15, 0.2) is 0 Å². The van der Waals surface area contributed by atoms with Gasteiger partial charge in [-0.15, -0.1) is 11.3 Å². The Bertz CT molecular complexity index is 3090. The van der Waals surface area contributed by atoms with E-state index in [4.69, 9.17) is 40.0 Å². The largest absolute Gasteiger partial charge is 0.487 e. The lowest BCUT2D eigenvalue weighted by molar-refractivity contribution is -0.158. The van der Waals surface area contributed by atoms with Gasteiger partial charge in [-0.3, -0.25) is 19.8 Å². The van der Waals surface area contributed by atoms with Crippen LogP contribution in [0.15, 0.2) is 73.2 Å². The molecule has 22 heteroatoms. The van der Waals surface area contributed by atoms with Crippen LogP contribution < -0.4 is 19.5 Å². The van der Waals surface area contributed by atoms with Crippen molar-refractivity contribution in [1.29, 1.82) is 0 Å². The zero-order valence-corrected chi connectivity index (χ0v) is 47.3. The third-order valence-electron chi connectivity index (χ3n) is 12.3. The van der Waals surface area contributed by atoms with Crippen LogP contribution in [0.3, 0.4) is 0 Å². The highest BCUT2D eigenvalue weighted by atomic mass is 35.5. The zero-order valence-electron chi connectivity index (χ0n) is 45.7. The Morgan fingerprint density at radius 1 is 0.861 bits per heavy atom. The number of hydrogen-bond acceptors (Lipinski definition) is 17. The van der Waals surface area contributed by atoms with E-state index in [0.717, 1.165) is 26.2 Å². The Balaban J connectivity index is 1.25. The highest BCUT2D eigenvalue weighted by molar-refractivity contribution is 7.22. The summed E-state index contributed by atoms with van der Waals surface area (Å²) >= 11 is 8.62. The molecule has 1 aliphatic rings. The monoisotopic (exact) mass is 1140 g/mol. The fourth-order valence-corrected chi connectivity index (χ4v) is 9.97. The van der Waals surface area contributed by atoms with Crippen LogP contribution in [0.2, 0.25) is 5.02 Å². The molecule has 1 aliphatic heterocycles. The van der Waals surface area contributed by atoms with Crippen molar-refractivity contribution >= 4 is 51.1 Å². The number of fused-ring (bicyclic) bond motifs is 1. The first-order chi connectivity index (χ1) is 37.3. The number of nitrogens with zero attached hydrogens (tertiary/aromatic N) is 6. The molecule has 0 aliphatic carbocycles. The van der Waals surface area contributed by atoms with Crippen molar-refractivity contribution in [3.05, 3.63) is 112 Å². The summed E-state index contributed by atoms with van der Waals surface area (Å²) in [4.78, 5) is 64.0. The number of thiophene rings is 1. The van der Waals surface area contributed by atoms with Crippen LogP contribution in [0.1, 0.15) is 82.8 Å². The third-order valence-corrected chi connectivity index (χ3v) is 14.0. The van der Waals surface area contributed by atoms with Crippen molar-refractivity contribution in [2.24, 2.45) is 0 Å². The number of rotatable bonds is 22. The van der Waals surface area contributed by atoms with E-state index in [1.165, 1.54) is 42.1 Å². The molecule has 2 atom stereocenters. The maximum Gasteiger partial charge on any atom is 0.392 e. The minimum absolute atomic E-state index is 0.00725. The van der Waals surface area contributed by atoms with E-state index in [2.05, 4.69) is 42.1 Å². The molecule has 0 spiro atoms. The normalized spacial score (nSPS) is 14.4. The number of piperazine rings is 1. The molecule has 1 fully saturated rings. The number of carbonyl (C=O) groups excluding carboxylic acids is 3. The first-order valence-electron chi connectivity index (χ1n) is 25.8. The van der Waals surface area contributed by atoms with Crippen LogP contribution in [-0.4, -0.2) is 130 Å². The Hall–Kier alpha value is -6.52. The standard InChI is InChI=1S/C57H66ClF4N7O9S/c1-10-73-53(72)44(29-38-27-35(28-45(70)77-55(3,4)5)11-18-43(38)75-32-40-19-21-63-54(67-40)74-26-20-57(60,61)62)76-50-47-46(49(79-51(47)66-33-65-50)36-12-15-39(59)16-13-36)41-17-14-37(48(58)34(41)2)30-64-42(52(71)78-56(6,7)8)31-69-24-22-68(9)23-25-69/h11-19,21,27,33,42,44,64H,10,20,22-26,28-32H2,1-9H3/t42-,44+/m0/s1. The van der Waals surface area contributed by atoms with Crippen LogP contribution >= 0.6 is 22.9 Å². The lowest BCUT2D eigenvalue weighted by atomic mass is 9.94. The summed E-state index contributed by atoms with van der Waals surface area (Å²) in [6, 6.07) is 15.3. The van der Waals surface area contributed by atoms with Gasteiger partial charge in [0.1, 0.15) is 53.2 Å². The molecule has 0 amide bonds. The minimum Gasteiger partial charge on any atom is -0.487 e. The molecule has 0 saturated carbocycles. The molecular formula is C57H66ClF4N7O9S. The number of benzene rings is 3. The number of carbonyl (C=O) groups is 3. The van der Waals surface area contributed by atoms with E-state index in [1.54, 1.807) is 58.0 Å². The maximum absolute atomic E-state index is 14.5. The van der Waals surface area contributed by atoms with Gasteiger partial charge in [-0.25, -0.2) is 24.1 Å². The van der Waals surface area contributed by atoms with Crippen LogP contribution in [0.5, 0.6) is 17.6 Å². The van der Waals surface area contributed by atoms with Gasteiger partial charge in [0, 0.05) is 67.3 Å². The Labute approximate surface area is 466 Å². The van der Waals surface area contributed by atoms with Gasteiger partial charge in [0.2, 0.25) is 12.0 Å². The quantitative estimate of drug-likeness (QED) is 0.0386. The summed E-state index contributed by atoms with van der Waals surface area (Å²) in [5.74, 6) is -1.79. The molecule has 0 radical (unpaired) electrons. The highest BCUT2D eigenvalue weighted by Crippen LogP contribution is 2.49. The Kier molecular flexibility index (Phi) is 19.9. The molecule has 16 nitrogen and oxygen atoms in total. The summed E-state index contributed by atoms with van der Waals surface area (Å²) in [5, 5.41) is 4.28. The zero-order chi connectivity index (χ0) is 57.2. The van der Waals surface area contributed by atoms with Crippen LogP contribution in [0.25, 0.3) is 31.8 Å². The summed E-state index contributed by atoms with van der Waals surface area (Å²) in [6.45, 7) is 17.4. The average Bonchev–Trinajstić information content (AvgIpc) is 4.00. The number of aromatic nitrogens is 4. The van der Waals surface area contributed by atoms with E-state index in [9.17, 15) is 31.9 Å². The summed E-state index contributed by atoms with van der Waals surface area (Å²) in [7, 11) is 2.07. The molecule has 7 rings (SSSR count). The van der Waals surface area contributed by atoms with Crippen molar-refractivity contribution in [3.63, 3.8) is 0 Å². The number of hydrogen-bond donors (Lipinski definition) is 1. The smallest absolute Gasteiger partial charge is 0.392 e. The van der Waals surface area contributed by atoms with Crippen molar-refractivity contribution in [1.82, 2.24) is 35.1 Å². The number of alkyl halides is 3. The fourth-order valence-electron chi connectivity index (χ4n) is 8.59. The van der Waals surface area contributed by atoms with E-state index in [-0.39, 0.29) is 61.9 Å². The fraction of sp³-hybridized carbons (Fsp3) is 0.456. The predicted molar refractivity (Wildman–Crippen MR) is 292 cm³/mol. The second-order valence-corrected chi connectivity index (χ2v) is 22.4. The molecule has 1 N–H and O–H groups in total. The topological polar surface area (TPSA) is 177 Å². The van der Waals surface area contributed by atoms with Gasteiger partial charge in [-0.05, 0) is 120 Å². The van der Waals surface area contributed by atoms with Crippen molar-refractivity contribution in [2.75, 3.05) is 53.0 Å².